The molecule has 0 aromatic heterocycles. The summed E-state index contributed by atoms with van der Waals surface area (Å²) in [4.78, 5) is 22.8. The zero-order valence-electron chi connectivity index (χ0n) is 12.8. The van der Waals surface area contributed by atoms with Crippen molar-refractivity contribution >= 4 is 23.6 Å². The van der Waals surface area contributed by atoms with Crippen molar-refractivity contribution in [3.8, 4) is 5.75 Å². The van der Waals surface area contributed by atoms with E-state index in [-0.39, 0.29) is 12.5 Å². The summed E-state index contributed by atoms with van der Waals surface area (Å²) in [5, 5.41) is 2.79. The molecule has 0 radical (unpaired) electrons. The van der Waals surface area contributed by atoms with E-state index in [1.165, 1.54) is 7.11 Å². The molecule has 0 spiro atoms. The van der Waals surface area contributed by atoms with Gasteiger partial charge in [0.15, 0.2) is 6.61 Å². The van der Waals surface area contributed by atoms with E-state index >= 15 is 0 Å². The Labute approximate surface area is 134 Å². The fourth-order valence-electron chi connectivity index (χ4n) is 1.64. The summed E-state index contributed by atoms with van der Waals surface area (Å²) in [6, 6.07) is 6.65. The molecule has 7 heteroatoms. The SMILES string of the molecule is COC(=O)COc1cccc(CNC(=O)[C@@H](N)CCSC)c1. The number of hydrogen-bond donors (Lipinski definition) is 2. The topological polar surface area (TPSA) is 90.6 Å². The number of thioether (sulfide) groups is 1. The third-order valence-electron chi connectivity index (χ3n) is 2.92. The van der Waals surface area contributed by atoms with Crippen LogP contribution in [0.5, 0.6) is 5.75 Å². The minimum atomic E-state index is -0.494. The quantitative estimate of drug-likeness (QED) is 0.656. The third kappa shape index (κ3) is 6.82. The molecule has 22 heavy (non-hydrogen) atoms. The lowest BCUT2D eigenvalue weighted by atomic mass is 10.2. The summed E-state index contributed by atoms with van der Waals surface area (Å²) < 4.78 is 9.80. The number of nitrogens with two attached hydrogens (primary N) is 1. The van der Waals surface area contributed by atoms with Gasteiger partial charge in [0.25, 0.3) is 0 Å². The van der Waals surface area contributed by atoms with Crippen LogP contribution in [0.15, 0.2) is 24.3 Å². The number of methoxy groups -OCH3 is 1. The third-order valence-corrected chi connectivity index (χ3v) is 3.56. The molecule has 0 unspecified atom stereocenters. The second kappa shape index (κ2) is 10.1. The number of carbonyl (C=O) groups excluding carboxylic acids is 2. The van der Waals surface area contributed by atoms with Crippen LogP contribution < -0.4 is 15.8 Å². The lowest BCUT2D eigenvalue weighted by molar-refractivity contribution is -0.142. The molecule has 0 fully saturated rings. The smallest absolute Gasteiger partial charge is 0.343 e. The highest BCUT2D eigenvalue weighted by Gasteiger charge is 2.12. The highest BCUT2D eigenvalue weighted by Crippen LogP contribution is 2.13. The van der Waals surface area contributed by atoms with Crippen LogP contribution in [0.1, 0.15) is 12.0 Å². The van der Waals surface area contributed by atoms with E-state index in [9.17, 15) is 9.59 Å². The van der Waals surface area contributed by atoms with Gasteiger partial charge in [-0.15, -0.1) is 0 Å². The van der Waals surface area contributed by atoms with Gasteiger partial charge in [0.1, 0.15) is 5.75 Å². The van der Waals surface area contributed by atoms with Gasteiger partial charge in [-0.2, -0.15) is 11.8 Å². The van der Waals surface area contributed by atoms with E-state index in [2.05, 4.69) is 10.1 Å². The maximum absolute atomic E-state index is 11.8. The number of nitrogens with one attached hydrogen (secondary N) is 1. The Morgan fingerprint density at radius 1 is 1.41 bits per heavy atom. The molecular formula is C15H22N2O4S. The van der Waals surface area contributed by atoms with Crippen LogP contribution in [0, 0.1) is 0 Å². The van der Waals surface area contributed by atoms with Crippen LogP contribution in [-0.2, 0) is 20.9 Å². The van der Waals surface area contributed by atoms with Crippen molar-refractivity contribution < 1.29 is 19.1 Å². The van der Waals surface area contributed by atoms with Gasteiger partial charge in [0.05, 0.1) is 13.2 Å². The minimum absolute atomic E-state index is 0.147. The number of hydrogen-bond acceptors (Lipinski definition) is 6. The molecule has 1 rings (SSSR count). The average molecular weight is 326 g/mol. The average Bonchev–Trinajstić information content (AvgIpc) is 2.55. The van der Waals surface area contributed by atoms with Gasteiger partial charge in [0.2, 0.25) is 5.91 Å². The molecule has 1 amide bonds. The Morgan fingerprint density at radius 3 is 2.86 bits per heavy atom. The summed E-state index contributed by atoms with van der Waals surface area (Å²) in [6.07, 6.45) is 2.62. The van der Waals surface area contributed by atoms with Gasteiger partial charge in [0, 0.05) is 6.54 Å². The Bertz CT molecular complexity index is 496. The Hall–Kier alpha value is -1.73. The monoisotopic (exact) mass is 326 g/mol. The fourth-order valence-corrected chi connectivity index (χ4v) is 2.13. The number of rotatable bonds is 9. The Balaban J connectivity index is 2.45. The standard InChI is InChI=1S/C15H22N2O4S/c1-20-14(18)10-21-12-5-3-4-11(8-12)9-17-15(19)13(16)6-7-22-2/h3-5,8,13H,6-7,9-10,16H2,1-2H3,(H,17,19)/t13-/m0/s1. The van der Waals surface area contributed by atoms with Crippen LogP contribution in [0.3, 0.4) is 0 Å². The number of carbonyl (C=O) groups is 2. The molecule has 0 aliphatic carbocycles. The van der Waals surface area contributed by atoms with E-state index in [1.54, 1.807) is 30.0 Å². The van der Waals surface area contributed by atoms with Crippen LogP contribution in [0.4, 0.5) is 0 Å². The van der Waals surface area contributed by atoms with Crippen LogP contribution in [0.2, 0.25) is 0 Å². The predicted molar refractivity (Wildman–Crippen MR) is 86.8 cm³/mol. The summed E-state index contributed by atoms with van der Waals surface area (Å²) in [7, 11) is 1.30. The highest BCUT2D eigenvalue weighted by atomic mass is 32.2. The second-order valence-electron chi connectivity index (χ2n) is 4.62. The molecule has 0 saturated carbocycles. The zero-order chi connectivity index (χ0) is 16.4. The molecule has 0 heterocycles. The van der Waals surface area contributed by atoms with Crippen molar-refractivity contribution in [3.05, 3.63) is 29.8 Å². The maximum atomic E-state index is 11.8. The summed E-state index contributed by atoms with van der Waals surface area (Å²) >= 11 is 1.66. The molecule has 122 valence electrons. The van der Waals surface area contributed by atoms with Gasteiger partial charge in [-0.1, -0.05) is 12.1 Å². The lowest BCUT2D eigenvalue weighted by Gasteiger charge is -2.12. The molecule has 6 nitrogen and oxygen atoms in total. The first-order valence-electron chi connectivity index (χ1n) is 6.87. The Morgan fingerprint density at radius 2 is 2.18 bits per heavy atom. The van der Waals surface area contributed by atoms with Crippen molar-refractivity contribution in [2.75, 3.05) is 25.7 Å². The maximum Gasteiger partial charge on any atom is 0.343 e. The van der Waals surface area contributed by atoms with E-state index in [0.717, 1.165) is 11.3 Å². The van der Waals surface area contributed by atoms with Gasteiger partial charge in [-0.3, -0.25) is 4.79 Å². The van der Waals surface area contributed by atoms with Crippen molar-refractivity contribution in [3.63, 3.8) is 0 Å². The zero-order valence-corrected chi connectivity index (χ0v) is 13.7. The molecular weight excluding hydrogens is 304 g/mol. The Kier molecular flexibility index (Phi) is 8.39. The first-order valence-corrected chi connectivity index (χ1v) is 8.27. The number of ether oxygens (including phenoxy) is 2. The van der Waals surface area contributed by atoms with Crippen LogP contribution >= 0.6 is 11.8 Å². The molecule has 1 atom stereocenters. The summed E-state index contributed by atoms with van der Waals surface area (Å²) in [5.74, 6) is 0.781. The largest absolute Gasteiger partial charge is 0.482 e. The van der Waals surface area contributed by atoms with Crippen molar-refractivity contribution in [1.29, 1.82) is 0 Å². The molecule has 0 aliphatic heterocycles. The van der Waals surface area contributed by atoms with Crippen LogP contribution in [0.25, 0.3) is 0 Å². The van der Waals surface area contributed by atoms with Crippen molar-refractivity contribution in [2.45, 2.75) is 19.0 Å². The van der Waals surface area contributed by atoms with E-state index in [1.807, 2.05) is 12.3 Å². The number of benzene rings is 1. The van der Waals surface area contributed by atoms with E-state index < -0.39 is 12.0 Å². The number of amides is 1. The summed E-state index contributed by atoms with van der Waals surface area (Å²) in [5.41, 5.74) is 6.66. The lowest BCUT2D eigenvalue weighted by Crippen LogP contribution is -2.40. The molecule has 0 saturated heterocycles. The first-order chi connectivity index (χ1) is 10.6. The van der Waals surface area contributed by atoms with Crippen molar-refractivity contribution in [2.24, 2.45) is 5.73 Å². The van der Waals surface area contributed by atoms with Gasteiger partial charge in [-0.05, 0) is 36.1 Å². The fraction of sp³-hybridized carbons (Fsp3) is 0.467. The number of esters is 1. The van der Waals surface area contributed by atoms with E-state index in [0.29, 0.717) is 18.7 Å². The molecule has 0 aliphatic rings. The molecule has 1 aromatic rings. The van der Waals surface area contributed by atoms with Crippen LogP contribution in [-0.4, -0.2) is 43.6 Å². The molecule has 1 aromatic carbocycles. The second-order valence-corrected chi connectivity index (χ2v) is 5.60. The summed E-state index contributed by atoms with van der Waals surface area (Å²) in [6.45, 7) is 0.215. The molecule has 0 bridgehead atoms. The van der Waals surface area contributed by atoms with Gasteiger partial charge in [-0.25, -0.2) is 4.79 Å². The van der Waals surface area contributed by atoms with Gasteiger partial charge >= 0.3 is 5.97 Å². The normalized spacial score (nSPS) is 11.6. The minimum Gasteiger partial charge on any atom is -0.482 e. The van der Waals surface area contributed by atoms with Crippen molar-refractivity contribution in [1.82, 2.24) is 5.32 Å². The van der Waals surface area contributed by atoms with E-state index in [4.69, 9.17) is 10.5 Å². The van der Waals surface area contributed by atoms with Gasteiger partial charge < -0.3 is 20.5 Å². The highest BCUT2D eigenvalue weighted by molar-refractivity contribution is 7.98. The first kappa shape index (κ1) is 18.3. The molecule has 3 N–H and O–H groups in total. The predicted octanol–water partition coefficient (Wildman–Crippen LogP) is 0.935.